The van der Waals surface area contributed by atoms with Crippen LogP contribution in [0.4, 0.5) is 0 Å². The Bertz CT molecular complexity index is 524. The van der Waals surface area contributed by atoms with E-state index < -0.39 is 0 Å². The van der Waals surface area contributed by atoms with Gasteiger partial charge in [-0.15, -0.1) is 21.5 Å². The highest BCUT2D eigenvalue weighted by Gasteiger charge is 2.41. The maximum absolute atomic E-state index is 8.36. The summed E-state index contributed by atoms with van der Waals surface area (Å²) >= 11 is 1.76. The van der Waals surface area contributed by atoms with Crippen molar-refractivity contribution in [1.29, 1.82) is 0 Å². The van der Waals surface area contributed by atoms with Gasteiger partial charge in [0.1, 0.15) is 10.0 Å². The van der Waals surface area contributed by atoms with E-state index in [1.54, 1.807) is 11.3 Å². The highest BCUT2D eigenvalue weighted by molar-refractivity contribution is 7.11. The van der Waals surface area contributed by atoms with Gasteiger partial charge in [-0.25, -0.2) is 0 Å². The first-order valence-corrected chi connectivity index (χ1v) is 9.34. The standard InChI is InChI=1S/C15H24N4S.CH2O2/c1-11-16-17-15(20-11)10-18-7-12-6-13(9-18)14-4-2-3-5-19(14)8-12;2-1-3/h12-14H,2-10H2,1H3;1H,(H,2,3)/t12-,13+,14-;/m0./s1. The van der Waals surface area contributed by atoms with Crippen LogP contribution in [0.15, 0.2) is 0 Å². The summed E-state index contributed by atoms with van der Waals surface area (Å²) in [6, 6.07) is 0.874. The Morgan fingerprint density at radius 2 is 2.13 bits per heavy atom. The summed E-state index contributed by atoms with van der Waals surface area (Å²) in [4.78, 5) is 13.8. The van der Waals surface area contributed by atoms with E-state index in [2.05, 4.69) is 20.0 Å². The number of aryl methyl sites for hydroxylation is 1. The van der Waals surface area contributed by atoms with Crippen molar-refractivity contribution in [3.63, 3.8) is 0 Å². The molecule has 6 nitrogen and oxygen atoms in total. The fourth-order valence-electron chi connectivity index (χ4n) is 4.59. The van der Waals surface area contributed by atoms with Crippen LogP contribution in [0.3, 0.4) is 0 Å². The number of likely N-dealkylation sites (tertiary alicyclic amines) is 1. The number of piperidine rings is 3. The Kier molecular flexibility index (Phi) is 5.61. The van der Waals surface area contributed by atoms with Gasteiger partial charge in [0, 0.05) is 25.7 Å². The maximum Gasteiger partial charge on any atom is 0.290 e. The molecule has 1 aromatic heterocycles. The lowest BCUT2D eigenvalue weighted by atomic mass is 9.76. The first-order valence-electron chi connectivity index (χ1n) is 8.53. The second-order valence-electron chi connectivity index (χ2n) is 6.93. The van der Waals surface area contributed by atoms with Crippen molar-refractivity contribution in [2.24, 2.45) is 11.8 Å². The second-order valence-corrected chi connectivity index (χ2v) is 8.20. The van der Waals surface area contributed by atoms with Gasteiger partial charge in [-0.3, -0.25) is 14.6 Å². The van der Waals surface area contributed by atoms with Gasteiger partial charge in [0.05, 0.1) is 6.54 Å². The van der Waals surface area contributed by atoms with E-state index in [4.69, 9.17) is 9.90 Å². The Morgan fingerprint density at radius 1 is 1.30 bits per heavy atom. The zero-order valence-electron chi connectivity index (χ0n) is 13.7. The molecular weight excluding hydrogens is 312 g/mol. The number of carbonyl (C=O) groups is 1. The molecule has 0 aromatic carbocycles. The lowest BCUT2D eigenvalue weighted by Gasteiger charge is -2.52. The number of aromatic nitrogens is 2. The highest BCUT2D eigenvalue weighted by Crippen LogP contribution is 2.37. The fraction of sp³-hybridized carbons (Fsp3) is 0.812. The van der Waals surface area contributed by atoms with Crippen molar-refractivity contribution in [2.75, 3.05) is 26.2 Å². The first kappa shape index (κ1) is 16.8. The van der Waals surface area contributed by atoms with Gasteiger partial charge < -0.3 is 5.11 Å². The zero-order valence-corrected chi connectivity index (χ0v) is 14.5. The average Bonchev–Trinajstić information content (AvgIpc) is 2.93. The molecule has 0 spiro atoms. The minimum atomic E-state index is -0.250. The summed E-state index contributed by atoms with van der Waals surface area (Å²) in [5.74, 6) is 1.79. The molecule has 23 heavy (non-hydrogen) atoms. The van der Waals surface area contributed by atoms with Crippen LogP contribution in [-0.4, -0.2) is 63.8 Å². The van der Waals surface area contributed by atoms with Crippen molar-refractivity contribution in [3.05, 3.63) is 10.0 Å². The molecule has 0 radical (unpaired) electrons. The van der Waals surface area contributed by atoms with Crippen LogP contribution in [0.25, 0.3) is 0 Å². The van der Waals surface area contributed by atoms with Gasteiger partial charge in [0.15, 0.2) is 0 Å². The van der Waals surface area contributed by atoms with Gasteiger partial charge in [-0.2, -0.15) is 0 Å². The third kappa shape index (κ3) is 4.08. The van der Waals surface area contributed by atoms with E-state index in [0.717, 1.165) is 29.4 Å². The van der Waals surface area contributed by atoms with E-state index in [1.165, 1.54) is 56.9 Å². The molecule has 0 amide bonds. The third-order valence-electron chi connectivity index (χ3n) is 5.27. The van der Waals surface area contributed by atoms with Crippen molar-refractivity contribution in [2.45, 2.75) is 45.2 Å². The number of hydrogen-bond donors (Lipinski definition) is 1. The molecule has 2 bridgehead atoms. The van der Waals surface area contributed by atoms with Crippen LogP contribution in [-0.2, 0) is 11.3 Å². The summed E-state index contributed by atoms with van der Waals surface area (Å²) in [5, 5.41) is 17.6. The molecule has 3 saturated heterocycles. The van der Waals surface area contributed by atoms with Crippen molar-refractivity contribution in [1.82, 2.24) is 20.0 Å². The minimum Gasteiger partial charge on any atom is -0.483 e. The largest absolute Gasteiger partial charge is 0.483 e. The lowest BCUT2D eigenvalue weighted by Crippen LogP contribution is -2.58. The minimum absolute atomic E-state index is 0.250. The number of carboxylic acid groups (broad SMARTS) is 1. The predicted octanol–water partition coefficient (Wildman–Crippen LogP) is 1.85. The first-order chi connectivity index (χ1) is 11.2. The van der Waals surface area contributed by atoms with Gasteiger partial charge in [-0.1, -0.05) is 6.42 Å². The molecular formula is C16H26N4O2S. The summed E-state index contributed by atoms with van der Waals surface area (Å²) in [6.45, 7) is 8.05. The number of rotatable bonds is 2. The Balaban J connectivity index is 0.000000485. The average molecular weight is 338 g/mol. The Labute approximate surface area is 141 Å². The smallest absolute Gasteiger partial charge is 0.290 e. The van der Waals surface area contributed by atoms with Crippen LogP contribution in [0.5, 0.6) is 0 Å². The summed E-state index contributed by atoms with van der Waals surface area (Å²) in [6.07, 6.45) is 5.76. The molecule has 1 aromatic rings. The molecule has 0 saturated carbocycles. The van der Waals surface area contributed by atoms with Crippen LogP contribution in [0.2, 0.25) is 0 Å². The van der Waals surface area contributed by atoms with Gasteiger partial charge in [-0.05, 0) is 44.6 Å². The highest BCUT2D eigenvalue weighted by atomic mass is 32.1. The SMILES string of the molecule is Cc1nnc(CN2C[C@@H]3C[C@H](C2)[C@@H]2CCCCN2C3)s1.O=CO. The van der Waals surface area contributed by atoms with Crippen molar-refractivity contribution in [3.8, 4) is 0 Å². The third-order valence-corrected chi connectivity index (χ3v) is 6.10. The molecule has 4 heterocycles. The van der Waals surface area contributed by atoms with Gasteiger partial charge in [0.2, 0.25) is 0 Å². The monoisotopic (exact) mass is 338 g/mol. The zero-order chi connectivity index (χ0) is 16.2. The van der Waals surface area contributed by atoms with E-state index in [-0.39, 0.29) is 6.47 Å². The second kappa shape index (κ2) is 7.68. The molecule has 3 aliphatic heterocycles. The molecule has 3 aliphatic rings. The van der Waals surface area contributed by atoms with Crippen LogP contribution in [0, 0.1) is 18.8 Å². The number of fused-ring (bicyclic) bond motifs is 4. The molecule has 1 N–H and O–H groups in total. The van der Waals surface area contributed by atoms with Crippen LogP contribution < -0.4 is 0 Å². The fourth-order valence-corrected chi connectivity index (χ4v) is 5.34. The summed E-state index contributed by atoms with van der Waals surface area (Å²) in [5.41, 5.74) is 0. The van der Waals surface area contributed by atoms with E-state index >= 15 is 0 Å². The molecule has 0 unspecified atom stereocenters. The number of nitrogens with zero attached hydrogens (tertiary/aromatic N) is 4. The summed E-state index contributed by atoms with van der Waals surface area (Å²) < 4.78 is 0. The molecule has 128 valence electrons. The van der Waals surface area contributed by atoms with Crippen LogP contribution in [0.1, 0.15) is 35.7 Å². The van der Waals surface area contributed by atoms with Gasteiger partial charge in [0.25, 0.3) is 6.47 Å². The number of hydrogen-bond acceptors (Lipinski definition) is 6. The topological polar surface area (TPSA) is 69.6 Å². The lowest BCUT2D eigenvalue weighted by molar-refractivity contribution is -0.122. The molecule has 3 fully saturated rings. The van der Waals surface area contributed by atoms with E-state index in [1.807, 2.05) is 6.92 Å². The molecule has 0 aliphatic carbocycles. The molecule has 3 atom stereocenters. The van der Waals surface area contributed by atoms with Crippen LogP contribution >= 0.6 is 11.3 Å². The molecule has 7 heteroatoms. The van der Waals surface area contributed by atoms with E-state index in [9.17, 15) is 0 Å². The maximum atomic E-state index is 8.36. The molecule has 4 rings (SSSR count). The van der Waals surface area contributed by atoms with Gasteiger partial charge >= 0.3 is 0 Å². The van der Waals surface area contributed by atoms with Crippen molar-refractivity contribution < 1.29 is 9.90 Å². The Morgan fingerprint density at radius 3 is 2.87 bits per heavy atom. The van der Waals surface area contributed by atoms with Crippen molar-refractivity contribution >= 4 is 17.8 Å². The predicted molar refractivity (Wildman–Crippen MR) is 89.4 cm³/mol. The summed E-state index contributed by atoms with van der Waals surface area (Å²) in [7, 11) is 0. The van der Waals surface area contributed by atoms with E-state index in [0.29, 0.717) is 0 Å². The normalized spacial score (nSPS) is 30.9. The quantitative estimate of drug-likeness (QED) is 0.830. The Hall–Kier alpha value is -1.05.